The van der Waals surface area contributed by atoms with Gasteiger partial charge in [0.15, 0.2) is 22.9 Å². The van der Waals surface area contributed by atoms with Gasteiger partial charge in [0.2, 0.25) is 5.75 Å². The summed E-state index contributed by atoms with van der Waals surface area (Å²) in [6.07, 6.45) is 3.04. The Balaban J connectivity index is 2.15. The fraction of sp³-hybridized carbons (Fsp3) is 0.350. The molecule has 9 nitrogen and oxygen atoms in total. The van der Waals surface area contributed by atoms with Crippen LogP contribution in [-0.2, 0) is 0 Å². The zero-order valence-electron chi connectivity index (χ0n) is 16.6. The number of benzene rings is 1. The second kappa shape index (κ2) is 8.06. The van der Waals surface area contributed by atoms with Gasteiger partial charge in [-0.2, -0.15) is 0 Å². The number of nitrogens with zero attached hydrogens (tertiary/aromatic N) is 2. The molecule has 29 heavy (non-hydrogen) atoms. The molecule has 3 aromatic rings. The second-order valence-corrected chi connectivity index (χ2v) is 6.77. The van der Waals surface area contributed by atoms with Crippen LogP contribution in [0.4, 0.5) is 0 Å². The zero-order chi connectivity index (χ0) is 21.2. The first-order valence-electron chi connectivity index (χ1n) is 8.83. The lowest BCUT2D eigenvalue weighted by atomic mass is 9.84. The third kappa shape index (κ3) is 3.50. The summed E-state index contributed by atoms with van der Waals surface area (Å²) in [6.45, 7) is 0.509. The molecule has 0 saturated heterocycles. The molecule has 2 aromatic heterocycles. The molecule has 0 atom stereocenters. The molecule has 3 rings (SSSR count). The van der Waals surface area contributed by atoms with E-state index < -0.39 is 24.4 Å². The molecule has 0 amide bonds. The van der Waals surface area contributed by atoms with E-state index in [-0.39, 0.29) is 5.56 Å². The van der Waals surface area contributed by atoms with Crippen molar-refractivity contribution in [2.75, 3.05) is 34.5 Å². The van der Waals surface area contributed by atoms with E-state index in [1.165, 1.54) is 34.4 Å². The number of H-pyrrole nitrogens is 1. The number of aliphatic hydroxyl groups excluding tert-OH is 2. The summed E-state index contributed by atoms with van der Waals surface area (Å²) in [5.74, 6) is 0.946. The SMILES string of the molecule is COc1cc(-c2cnc3[nH]cc(C(=O)C(C)(CO)CO)c3n2)cc(OC)c1OC. The smallest absolute Gasteiger partial charge is 0.203 e. The van der Waals surface area contributed by atoms with Gasteiger partial charge in [0.25, 0.3) is 0 Å². The average Bonchev–Trinajstić information content (AvgIpc) is 3.19. The molecule has 0 spiro atoms. The van der Waals surface area contributed by atoms with Crippen LogP contribution in [0.15, 0.2) is 24.5 Å². The Bertz CT molecular complexity index is 1020. The molecule has 1 aromatic carbocycles. The highest BCUT2D eigenvalue weighted by molar-refractivity contribution is 6.09. The third-order valence-corrected chi connectivity index (χ3v) is 4.83. The van der Waals surface area contributed by atoms with Gasteiger partial charge in [0.05, 0.1) is 57.4 Å². The maximum Gasteiger partial charge on any atom is 0.203 e. The number of carbonyl (C=O) groups excluding carboxylic acids is 1. The van der Waals surface area contributed by atoms with Crippen LogP contribution in [0.25, 0.3) is 22.4 Å². The highest BCUT2D eigenvalue weighted by Gasteiger charge is 2.34. The van der Waals surface area contributed by atoms with Gasteiger partial charge in [-0.1, -0.05) is 0 Å². The first-order valence-corrected chi connectivity index (χ1v) is 8.83. The molecule has 0 radical (unpaired) electrons. The highest BCUT2D eigenvalue weighted by Crippen LogP contribution is 2.41. The number of hydrogen-bond acceptors (Lipinski definition) is 8. The molecule has 0 fully saturated rings. The van der Waals surface area contributed by atoms with Gasteiger partial charge in [-0.3, -0.25) is 4.79 Å². The molecule has 0 bridgehead atoms. The molecule has 0 saturated carbocycles. The minimum atomic E-state index is -1.32. The van der Waals surface area contributed by atoms with Crippen LogP contribution in [0, 0.1) is 5.41 Å². The molecular weight excluding hydrogens is 378 g/mol. The monoisotopic (exact) mass is 401 g/mol. The first kappa shape index (κ1) is 20.6. The number of ketones is 1. The Morgan fingerprint density at radius 1 is 1.10 bits per heavy atom. The van der Waals surface area contributed by atoms with E-state index in [0.29, 0.717) is 39.7 Å². The molecule has 9 heteroatoms. The lowest BCUT2D eigenvalue weighted by molar-refractivity contribution is 0.0483. The fourth-order valence-electron chi connectivity index (χ4n) is 2.95. The van der Waals surface area contributed by atoms with E-state index in [1.54, 1.807) is 18.3 Å². The Kier molecular flexibility index (Phi) is 5.71. The molecule has 0 unspecified atom stereocenters. The Labute approximate surface area is 167 Å². The summed E-state index contributed by atoms with van der Waals surface area (Å²) in [4.78, 5) is 24.7. The Morgan fingerprint density at radius 3 is 2.24 bits per heavy atom. The van der Waals surface area contributed by atoms with E-state index >= 15 is 0 Å². The van der Waals surface area contributed by atoms with Gasteiger partial charge in [0, 0.05) is 11.8 Å². The summed E-state index contributed by atoms with van der Waals surface area (Å²) in [7, 11) is 4.55. The number of nitrogens with one attached hydrogen (secondary N) is 1. The number of hydrogen-bond donors (Lipinski definition) is 3. The zero-order valence-corrected chi connectivity index (χ0v) is 16.6. The normalized spacial score (nSPS) is 11.5. The molecule has 0 aliphatic heterocycles. The van der Waals surface area contributed by atoms with Gasteiger partial charge in [-0.15, -0.1) is 0 Å². The van der Waals surface area contributed by atoms with Crippen molar-refractivity contribution < 1.29 is 29.2 Å². The van der Waals surface area contributed by atoms with Crippen LogP contribution < -0.4 is 14.2 Å². The first-order chi connectivity index (χ1) is 13.9. The van der Waals surface area contributed by atoms with Gasteiger partial charge >= 0.3 is 0 Å². The topological polar surface area (TPSA) is 127 Å². The lowest BCUT2D eigenvalue weighted by Crippen LogP contribution is -2.35. The Morgan fingerprint density at radius 2 is 1.72 bits per heavy atom. The number of aromatic nitrogens is 3. The predicted octanol–water partition coefficient (Wildman–Crippen LogP) is 1.82. The van der Waals surface area contributed by atoms with Crippen molar-refractivity contribution in [2.45, 2.75) is 6.92 Å². The number of ether oxygens (including phenoxy) is 3. The van der Waals surface area contributed by atoms with Crippen LogP contribution in [0.5, 0.6) is 17.2 Å². The van der Waals surface area contributed by atoms with E-state index in [4.69, 9.17) is 14.2 Å². The standard InChI is InChI=1S/C20H23N3O6/c1-20(9-24,10-25)18(26)12-7-21-19-16(12)23-13(8-22-19)11-5-14(27-2)17(29-4)15(6-11)28-3/h5-8,24-25H,9-10H2,1-4H3,(H,21,22). The Hall–Kier alpha value is -3.17. The fourth-order valence-corrected chi connectivity index (χ4v) is 2.95. The van der Waals surface area contributed by atoms with Crippen molar-refractivity contribution in [1.82, 2.24) is 15.0 Å². The van der Waals surface area contributed by atoms with Gasteiger partial charge in [-0.25, -0.2) is 9.97 Å². The van der Waals surface area contributed by atoms with Crippen molar-refractivity contribution in [2.24, 2.45) is 5.41 Å². The number of aromatic amines is 1. The molecule has 0 aliphatic rings. The average molecular weight is 401 g/mol. The van der Waals surface area contributed by atoms with Crippen molar-refractivity contribution in [3.05, 3.63) is 30.1 Å². The third-order valence-electron chi connectivity index (χ3n) is 4.83. The second-order valence-electron chi connectivity index (χ2n) is 6.77. The lowest BCUT2D eigenvalue weighted by Gasteiger charge is -2.22. The molecular formula is C20H23N3O6. The summed E-state index contributed by atoms with van der Waals surface area (Å²) < 4.78 is 16.1. The van der Waals surface area contributed by atoms with Gasteiger partial charge in [0.1, 0.15) is 5.52 Å². The number of rotatable bonds is 8. The van der Waals surface area contributed by atoms with Crippen molar-refractivity contribution in [3.8, 4) is 28.5 Å². The van der Waals surface area contributed by atoms with E-state index in [1.807, 2.05) is 0 Å². The van der Waals surface area contributed by atoms with Crippen molar-refractivity contribution in [3.63, 3.8) is 0 Å². The quantitative estimate of drug-likeness (QED) is 0.488. The van der Waals surface area contributed by atoms with E-state index in [9.17, 15) is 15.0 Å². The summed E-state index contributed by atoms with van der Waals surface area (Å²) in [6, 6.07) is 3.47. The molecule has 2 heterocycles. The molecule has 154 valence electrons. The number of fused-ring (bicyclic) bond motifs is 1. The number of carbonyl (C=O) groups is 1. The number of methoxy groups -OCH3 is 3. The molecule has 3 N–H and O–H groups in total. The minimum absolute atomic E-state index is 0.243. The maximum absolute atomic E-state index is 12.9. The minimum Gasteiger partial charge on any atom is -0.493 e. The highest BCUT2D eigenvalue weighted by atomic mass is 16.5. The predicted molar refractivity (Wildman–Crippen MR) is 106 cm³/mol. The van der Waals surface area contributed by atoms with Crippen LogP contribution in [0.2, 0.25) is 0 Å². The summed E-state index contributed by atoms with van der Waals surface area (Å²) in [5, 5.41) is 19.1. The van der Waals surface area contributed by atoms with Gasteiger partial charge in [-0.05, 0) is 19.1 Å². The van der Waals surface area contributed by atoms with Crippen LogP contribution in [-0.4, -0.2) is 65.5 Å². The largest absolute Gasteiger partial charge is 0.493 e. The maximum atomic E-state index is 12.9. The van der Waals surface area contributed by atoms with Crippen molar-refractivity contribution in [1.29, 1.82) is 0 Å². The number of aliphatic hydroxyl groups is 2. The summed E-state index contributed by atoms with van der Waals surface area (Å²) >= 11 is 0. The van der Waals surface area contributed by atoms with Crippen LogP contribution >= 0.6 is 0 Å². The van der Waals surface area contributed by atoms with Crippen LogP contribution in [0.3, 0.4) is 0 Å². The van der Waals surface area contributed by atoms with Gasteiger partial charge < -0.3 is 29.4 Å². The molecule has 0 aliphatic carbocycles. The van der Waals surface area contributed by atoms with E-state index in [0.717, 1.165) is 0 Å². The van der Waals surface area contributed by atoms with Crippen LogP contribution in [0.1, 0.15) is 17.3 Å². The van der Waals surface area contributed by atoms with Crippen molar-refractivity contribution >= 4 is 16.9 Å². The van der Waals surface area contributed by atoms with E-state index in [2.05, 4.69) is 15.0 Å². The number of Topliss-reactive ketones (excluding diaryl/α,β-unsaturated/α-hetero) is 1. The summed E-state index contributed by atoms with van der Waals surface area (Å²) in [5.41, 5.74) is 0.824.